The molecule has 0 bridgehead atoms. The summed E-state index contributed by atoms with van der Waals surface area (Å²) in [6.07, 6.45) is 2.18. The minimum atomic E-state index is 0.00125. The van der Waals surface area contributed by atoms with Gasteiger partial charge in [-0.25, -0.2) is 0 Å². The molecule has 1 amide bonds. The quantitative estimate of drug-likeness (QED) is 0.848. The zero-order valence-corrected chi connectivity index (χ0v) is 14.5. The Balaban J connectivity index is 1.51. The van der Waals surface area contributed by atoms with Crippen LogP contribution in [0, 0.1) is 5.92 Å². The third kappa shape index (κ3) is 4.23. The second-order valence-electron chi connectivity index (χ2n) is 6.17. The number of benzene rings is 1. The fourth-order valence-electron chi connectivity index (χ4n) is 2.90. The molecule has 1 aliphatic rings. The van der Waals surface area contributed by atoms with Crippen LogP contribution >= 0.6 is 11.3 Å². The molecule has 0 saturated heterocycles. The van der Waals surface area contributed by atoms with E-state index in [1.165, 1.54) is 16.9 Å². The minimum Gasteiger partial charge on any atom is -0.493 e. The molecular weight excluding hydrogens is 322 g/mol. The first-order valence-corrected chi connectivity index (χ1v) is 9.05. The number of ketones is 1. The highest BCUT2D eigenvalue weighted by Crippen LogP contribution is 2.26. The Labute approximate surface area is 145 Å². The molecule has 126 valence electrons. The number of para-hydroxylation sites is 1. The minimum absolute atomic E-state index is 0.00125. The Morgan fingerprint density at radius 2 is 2.17 bits per heavy atom. The molecule has 1 aromatic carbocycles. The van der Waals surface area contributed by atoms with Gasteiger partial charge >= 0.3 is 0 Å². The molecule has 0 spiro atoms. The van der Waals surface area contributed by atoms with Crippen molar-refractivity contribution in [3.05, 3.63) is 51.7 Å². The van der Waals surface area contributed by atoms with Crippen molar-refractivity contribution in [3.63, 3.8) is 0 Å². The Bertz CT molecular complexity index is 738. The SMILES string of the molecule is CC(=O)c1cc(CC(=O)NCC2CCOc3ccccc3C2)cs1. The lowest BCUT2D eigenvalue weighted by atomic mass is 9.97. The van der Waals surface area contributed by atoms with Gasteiger partial charge in [-0.1, -0.05) is 18.2 Å². The first kappa shape index (κ1) is 16.7. The number of ether oxygens (including phenoxy) is 1. The Kier molecular flexibility index (Phi) is 5.30. The Hall–Kier alpha value is -2.14. The summed E-state index contributed by atoms with van der Waals surface area (Å²) in [5.41, 5.74) is 2.11. The van der Waals surface area contributed by atoms with E-state index in [-0.39, 0.29) is 11.7 Å². The van der Waals surface area contributed by atoms with Crippen LogP contribution in [-0.2, 0) is 17.6 Å². The lowest BCUT2D eigenvalue weighted by Gasteiger charge is -2.14. The van der Waals surface area contributed by atoms with Crippen LogP contribution in [0.15, 0.2) is 35.7 Å². The van der Waals surface area contributed by atoms with Gasteiger partial charge in [-0.2, -0.15) is 0 Å². The summed E-state index contributed by atoms with van der Waals surface area (Å²) in [6, 6.07) is 9.90. The summed E-state index contributed by atoms with van der Waals surface area (Å²) in [7, 11) is 0. The van der Waals surface area contributed by atoms with E-state index >= 15 is 0 Å². The van der Waals surface area contributed by atoms with Gasteiger partial charge in [0.1, 0.15) is 5.75 Å². The molecule has 1 unspecified atom stereocenters. The zero-order valence-electron chi connectivity index (χ0n) is 13.7. The maximum atomic E-state index is 12.1. The third-order valence-electron chi connectivity index (χ3n) is 4.22. The fraction of sp³-hybridized carbons (Fsp3) is 0.368. The van der Waals surface area contributed by atoms with Crippen molar-refractivity contribution in [2.24, 2.45) is 5.92 Å². The molecule has 1 aromatic heterocycles. The molecule has 2 aromatic rings. The molecule has 1 atom stereocenters. The van der Waals surface area contributed by atoms with Gasteiger partial charge in [-0.15, -0.1) is 11.3 Å². The second kappa shape index (κ2) is 7.62. The number of amides is 1. The van der Waals surface area contributed by atoms with Crippen LogP contribution < -0.4 is 10.1 Å². The smallest absolute Gasteiger partial charge is 0.224 e. The third-order valence-corrected chi connectivity index (χ3v) is 5.30. The standard InChI is InChI=1S/C19H21NO3S/c1-13(21)18-9-15(12-24-18)10-19(22)20-11-14-6-7-23-17-5-3-2-4-16(17)8-14/h2-5,9,12,14H,6-8,10-11H2,1H3,(H,20,22). The van der Waals surface area contributed by atoms with Crippen LogP contribution in [0.2, 0.25) is 0 Å². The Morgan fingerprint density at radius 3 is 2.96 bits per heavy atom. The topological polar surface area (TPSA) is 55.4 Å². The van der Waals surface area contributed by atoms with Gasteiger partial charge < -0.3 is 10.1 Å². The van der Waals surface area contributed by atoms with E-state index in [1.807, 2.05) is 29.6 Å². The summed E-state index contributed by atoms with van der Waals surface area (Å²) in [4.78, 5) is 24.2. The number of nitrogens with one attached hydrogen (secondary N) is 1. The van der Waals surface area contributed by atoms with Crippen LogP contribution in [0.5, 0.6) is 5.75 Å². The second-order valence-corrected chi connectivity index (χ2v) is 7.08. The normalized spacial score (nSPS) is 16.6. The summed E-state index contributed by atoms with van der Waals surface area (Å²) in [5.74, 6) is 1.39. The number of hydrogen-bond acceptors (Lipinski definition) is 4. The van der Waals surface area contributed by atoms with Crippen molar-refractivity contribution in [2.45, 2.75) is 26.2 Å². The largest absolute Gasteiger partial charge is 0.493 e. The van der Waals surface area contributed by atoms with Crippen LogP contribution in [0.25, 0.3) is 0 Å². The molecule has 0 radical (unpaired) electrons. The van der Waals surface area contributed by atoms with Gasteiger partial charge in [0.15, 0.2) is 5.78 Å². The molecule has 3 rings (SSSR count). The van der Waals surface area contributed by atoms with Crippen molar-refractivity contribution in [3.8, 4) is 5.75 Å². The molecule has 0 saturated carbocycles. The summed E-state index contributed by atoms with van der Waals surface area (Å²) >= 11 is 1.39. The Morgan fingerprint density at radius 1 is 1.33 bits per heavy atom. The molecular formula is C19H21NO3S. The van der Waals surface area contributed by atoms with E-state index < -0.39 is 0 Å². The molecule has 5 heteroatoms. The highest BCUT2D eigenvalue weighted by molar-refractivity contribution is 7.12. The number of carbonyl (C=O) groups is 2. The monoisotopic (exact) mass is 343 g/mol. The first-order chi connectivity index (χ1) is 11.6. The molecule has 1 aliphatic heterocycles. The van der Waals surface area contributed by atoms with Crippen molar-refractivity contribution in [2.75, 3.05) is 13.2 Å². The average molecular weight is 343 g/mol. The predicted molar refractivity (Wildman–Crippen MR) is 94.8 cm³/mol. The van der Waals surface area contributed by atoms with Gasteiger partial charge in [-0.3, -0.25) is 9.59 Å². The summed E-state index contributed by atoms with van der Waals surface area (Å²) in [5, 5.41) is 4.90. The molecule has 2 heterocycles. The fourth-order valence-corrected chi connectivity index (χ4v) is 3.71. The molecule has 0 aliphatic carbocycles. The molecule has 24 heavy (non-hydrogen) atoms. The van der Waals surface area contributed by atoms with E-state index in [4.69, 9.17) is 4.74 Å². The number of Topliss-reactive ketones (excluding diaryl/α,β-unsaturated/α-hetero) is 1. The van der Waals surface area contributed by atoms with E-state index in [1.54, 1.807) is 6.92 Å². The van der Waals surface area contributed by atoms with Crippen LogP contribution in [0.3, 0.4) is 0 Å². The van der Waals surface area contributed by atoms with Crippen molar-refractivity contribution < 1.29 is 14.3 Å². The van der Waals surface area contributed by atoms with Crippen molar-refractivity contribution in [1.29, 1.82) is 0 Å². The average Bonchev–Trinajstić information content (AvgIpc) is 2.92. The highest BCUT2D eigenvalue weighted by Gasteiger charge is 2.18. The number of hydrogen-bond donors (Lipinski definition) is 1. The lowest BCUT2D eigenvalue weighted by Crippen LogP contribution is -2.31. The van der Waals surface area contributed by atoms with E-state index in [9.17, 15) is 9.59 Å². The van der Waals surface area contributed by atoms with Crippen LogP contribution in [-0.4, -0.2) is 24.8 Å². The van der Waals surface area contributed by atoms with E-state index in [2.05, 4.69) is 11.4 Å². The molecule has 0 fully saturated rings. The van der Waals surface area contributed by atoms with Crippen molar-refractivity contribution in [1.82, 2.24) is 5.32 Å². The lowest BCUT2D eigenvalue weighted by molar-refractivity contribution is -0.120. The maximum absolute atomic E-state index is 12.1. The number of carbonyl (C=O) groups excluding carboxylic acids is 2. The van der Waals surface area contributed by atoms with Crippen LogP contribution in [0.4, 0.5) is 0 Å². The number of thiophene rings is 1. The predicted octanol–water partition coefficient (Wildman–Crippen LogP) is 3.25. The van der Waals surface area contributed by atoms with E-state index in [0.29, 0.717) is 30.4 Å². The summed E-state index contributed by atoms with van der Waals surface area (Å²) in [6.45, 7) is 2.88. The van der Waals surface area contributed by atoms with Gasteiger partial charge in [-0.05, 0) is 54.3 Å². The summed E-state index contributed by atoms with van der Waals surface area (Å²) < 4.78 is 5.76. The first-order valence-electron chi connectivity index (χ1n) is 8.17. The highest BCUT2D eigenvalue weighted by atomic mass is 32.1. The molecule has 4 nitrogen and oxygen atoms in total. The molecule has 1 N–H and O–H groups in total. The van der Waals surface area contributed by atoms with Gasteiger partial charge in [0.25, 0.3) is 0 Å². The van der Waals surface area contributed by atoms with Gasteiger partial charge in [0.2, 0.25) is 5.91 Å². The maximum Gasteiger partial charge on any atom is 0.224 e. The van der Waals surface area contributed by atoms with Crippen LogP contribution in [0.1, 0.15) is 34.1 Å². The van der Waals surface area contributed by atoms with Crippen molar-refractivity contribution >= 4 is 23.0 Å². The van der Waals surface area contributed by atoms with E-state index in [0.717, 1.165) is 24.2 Å². The zero-order chi connectivity index (χ0) is 16.9. The van der Waals surface area contributed by atoms with Gasteiger partial charge in [0, 0.05) is 6.54 Å². The number of rotatable bonds is 5. The van der Waals surface area contributed by atoms with Gasteiger partial charge in [0.05, 0.1) is 17.9 Å². The number of fused-ring (bicyclic) bond motifs is 1.